The molecule has 14 heavy (non-hydrogen) atoms. The average Bonchev–Trinajstić information content (AvgIpc) is 1.92. The first-order valence-electron chi connectivity index (χ1n) is 1.79. The molecular weight excluding hydrogens is 466 g/mol. The zero-order valence-electron chi connectivity index (χ0n) is 6.78. The van der Waals surface area contributed by atoms with Gasteiger partial charge in [0.1, 0.15) is 6.07 Å². The molecular formula is C4H3Cl2O5Y3-3. The number of aliphatic hydroxyl groups excluding tert-OH is 1. The van der Waals surface area contributed by atoms with E-state index in [0.717, 1.165) is 12.2 Å². The Labute approximate surface area is 167 Å². The summed E-state index contributed by atoms with van der Waals surface area (Å²) in [5, 5.41) is 6.76. The van der Waals surface area contributed by atoms with Crippen LogP contribution in [0.1, 0.15) is 0 Å². The maximum absolute atomic E-state index is 8.97. The van der Waals surface area contributed by atoms with Crippen molar-refractivity contribution < 1.29 is 122 Å². The van der Waals surface area contributed by atoms with Crippen molar-refractivity contribution in [2.24, 2.45) is 0 Å². The molecule has 0 fully saturated rings. The monoisotopic (exact) mass is 468 g/mol. The van der Waals surface area contributed by atoms with Crippen molar-refractivity contribution in [3.63, 3.8) is 0 Å². The van der Waals surface area contributed by atoms with E-state index in [1.807, 2.05) is 0 Å². The third kappa shape index (κ3) is 130. The predicted octanol–water partition coefficient (Wildman–Crippen LogP) is 0.163. The largest absolute Gasteiger partial charge is 0.665 e. The standard InChI is InChI=1S/C2H2ClO2.CClO.CHO2.3Y/c3-1-5-2-4;2*2-1-3;;;/h1H2;;(H,2,3);;;/q3*-1;;;. The van der Waals surface area contributed by atoms with E-state index in [1.165, 1.54) is 0 Å². The van der Waals surface area contributed by atoms with Crippen molar-refractivity contribution in [1.82, 2.24) is 0 Å². The van der Waals surface area contributed by atoms with E-state index in [4.69, 9.17) is 31.1 Å². The van der Waals surface area contributed by atoms with Crippen molar-refractivity contribution in [2.45, 2.75) is 0 Å². The Morgan fingerprint density at radius 3 is 1.36 bits per heavy atom. The van der Waals surface area contributed by atoms with Gasteiger partial charge in [0.2, 0.25) is 0 Å². The molecule has 0 aliphatic heterocycles. The Morgan fingerprint density at radius 1 is 1.14 bits per heavy atom. The summed E-state index contributed by atoms with van der Waals surface area (Å²) in [6.45, 7) is 1.64. The molecule has 0 heterocycles. The van der Waals surface area contributed by atoms with Crippen molar-refractivity contribution >= 4 is 41.9 Å². The minimum atomic E-state index is -0.108. The van der Waals surface area contributed by atoms with E-state index in [0.29, 0.717) is 6.47 Å². The third-order valence-electron chi connectivity index (χ3n) is 0.113. The molecule has 0 aromatic heterocycles. The van der Waals surface area contributed by atoms with Gasteiger partial charge >= 0.3 is 0 Å². The molecule has 0 aromatic carbocycles. The van der Waals surface area contributed by atoms with Gasteiger partial charge < -0.3 is 35.8 Å². The summed E-state index contributed by atoms with van der Waals surface area (Å²) >= 11 is 9.01. The zero-order valence-corrected chi connectivity index (χ0v) is 16.8. The van der Waals surface area contributed by atoms with Crippen LogP contribution in [0.5, 0.6) is 0 Å². The van der Waals surface area contributed by atoms with Gasteiger partial charge in [0.15, 0.2) is 0 Å². The molecule has 0 saturated heterocycles. The van der Waals surface area contributed by atoms with Gasteiger partial charge in [-0.1, -0.05) is 24.5 Å². The molecule has 75 valence electrons. The summed E-state index contributed by atoms with van der Waals surface area (Å²) in [5.41, 5.74) is 0. The van der Waals surface area contributed by atoms with Crippen molar-refractivity contribution in [3.05, 3.63) is 0 Å². The van der Waals surface area contributed by atoms with Gasteiger partial charge in [0.25, 0.3) is 0 Å². The van der Waals surface area contributed by atoms with Crippen LogP contribution in [0.2, 0.25) is 0 Å². The molecule has 3 radical (unpaired) electrons. The van der Waals surface area contributed by atoms with E-state index in [9.17, 15) is 0 Å². The molecule has 0 aliphatic rings. The topological polar surface area (TPSA) is 80.7 Å². The number of halogens is 2. The maximum Gasteiger partial charge on any atom is 0.126 e. The summed E-state index contributed by atoms with van der Waals surface area (Å²) in [5.74, 6) is 0.972. The molecule has 0 atom stereocenters. The summed E-state index contributed by atoms with van der Waals surface area (Å²) < 4.78 is 3.79. The smallest absolute Gasteiger partial charge is 0.126 e. The van der Waals surface area contributed by atoms with Crippen LogP contribution in [-0.4, -0.2) is 29.9 Å². The van der Waals surface area contributed by atoms with Gasteiger partial charge in [-0.3, -0.25) is 0 Å². The van der Waals surface area contributed by atoms with Gasteiger partial charge in [0.05, 0.1) is 0 Å². The van der Waals surface area contributed by atoms with Crippen LogP contribution in [0.15, 0.2) is 0 Å². The van der Waals surface area contributed by atoms with Crippen LogP contribution >= 0.6 is 23.2 Å². The second kappa shape index (κ2) is 57.9. The number of carbonyl (C=O) groups excluding carboxylic acids is 2. The van der Waals surface area contributed by atoms with Crippen LogP contribution in [0.3, 0.4) is 0 Å². The van der Waals surface area contributed by atoms with Crippen LogP contribution < -0.4 is 0 Å². The Hall–Kier alpha value is 2.50. The van der Waals surface area contributed by atoms with Crippen molar-refractivity contribution in [3.8, 4) is 0 Å². The second-order valence-corrected chi connectivity index (χ2v) is 0.878. The second-order valence-electron chi connectivity index (χ2n) is 0.505. The first-order valence-corrected chi connectivity index (χ1v) is 2.70. The fourth-order valence-corrected chi connectivity index (χ4v) is 0.0668. The molecule has 0 spiro atoms. The van der Waals surface area contributed by atoms with Gasteiger partial charge in [-0.2, -0.15) is 5.75 Å². The SMILES string of the molecule is O=[C-]Cl.O=[C-]O.O=[C-]OCCl.[Y].[Y].[Y]. The van der Waals surface area contributed by atoms with Crippen molar-refractivity contribution in [2.75, 3.05) is 6.07 Å². The summed E-state index contributed by atoms with van der Waals surface area (Å²) in [6.07, 6.45) is 0. The van der Waals surface area contributed by atoms with E-state index in [-0.39, 0.29) is 104 Å². The molecule has 1 N–H and O–H groups in total. The molecule has 5 nitrogen and oxygen atoms in total. The quantitative estimate of drug-likeness (QED) is 0.355. The number of rotatable bonds is 2. The Bertz CT molecular complexity index is 91.0. The first-order chi connectivity index (χ1) is 5.24. The molecule has 0 amide bonds. The fraction of sp³-hybridized carbons (Fsp3) is 0.250. The number of hydrogen-bond acceptors (Lipinski definition) is 4. The van der Waals surface area contributed by atoms with E-state index >= 15 is 0 Å². The van der Waals surface area contributed by atoms with Gasteiger partial charge in [-0.25, -0.2) is 0 Å². The predicted molar refractivity (Wildman–Crippen MR) is 37.4 cm³/mol. The van der Waals surface area contributed by atoms with E-state index in [2.05, 4.69) is 16.3 Å². The van der Waals surface area contributed by atoms with Gasteiger partial charge in [0, 0.05) is 98.1 Å². The Balaban J connectivity index is -0.0000000162. The summed E-state index contributed by atoms with van der Waals surface area (Å²) in [4.78, 5) is 25.7. The summed E-state index contributed by atoms with van der Waals surface area (Å²) in [6, 6.07) is -0.108. The fourth-order valence-electron chi connectivity index (χ4n) is 0.0223. The number of alkyl halides is 1. The number of hydrogen-bond donors (Lipinski definition) is 1. The van der Waals surface area contributed by atoms with Gasteiger partial charge in [-0.05, 0) is 0 Å². The van der Waals surface area contributed by atoms with Crippen LogP contribution in [0, 0.1) is 0 Å². The average molecular weight is 469 g/mol. The van der Waals surface area contributed by atoms with E-state index < -0.39 is 0 Å². The Kier molecular flexibility index (Phi) is 149. The number of ether oxygens (including phenoxy) is 1. The zero-order chi connectivity index (χ0) is 9.54. The van der Waals surface area contributed by atoms with E-state index in [1.54, 1.807) is 0 Å². The molecule has 10 heteroatoms. The molecule has 0 unspecified atom stereocenters. The van der Waals surface area contributed by atoms with Crippen LogP contribution in [0.4, 0.5) is 0 Å². The van der Waals surface area contributed by atoms with Crippen LogP contribution in [-0.2, 0) is 117 Å². The minimum Gasteiger partial charge on any atom is -0.665 e. The van der Waals surface area contributed by atoms with Gasteiger partial charge in [-0.15, -0.1) is 0 Å². The Morgan fingerprint density at radius 2 is 1.36 bits per heavy atom. The van der Waals surface area contributed by atoms with Crippen LogP contribution in [0.25, 0.3) is 0 Å². The minimum absolute atomic E-state index is 0. The normalized spacial score (nSPS) is 4.14. The molecule has 0 aliphatic carbocycles. The first kappa shape index (κ1) is 36.0. The molecule has 0 rings (SSSR count). The molecule has 0 saturated carbocycles. The molecule has 0 aromatic rings. The third-order valence-corrected chi connectivity index (χ3v) is 0.223. The molecule has 0 bridgehead atoms. The van der Waals surface area contributed by atoms with Crippen molar-refractivity contribution in [1.29, 1.82) is 0 Å². The summed E-state index contributed by atoms with van der Waals surface area (Å²) in [7, 11) is 0. The maximum atomic E-state index is 8.97.